The first-order valence-corrected chi connectivity index (χ1v) is 17.3. The van der Waals surface area contributed by atoms with Gasteiger partial charge in [-0.3, -0.25) is 14.5 Å². The molecule has 44 heavy (non-hydrogen) atoms. The van der Waals surface area contributed by atoms with E-state index in [-0.39, 0.29) is 23.9 Å². The van der Waals surface area contributed by atoms with Crippen LogP contribution in [-0.4, -0.2) is 92.3 Å². The van der Waals surface area contributed by atoms with E-state index in [9.17, 15) is 18.0 Å². The van der Waals surface area contributed by atoms with E-state index in [1.807, 2.05) is 23.1 Å². The summed E-state index contributed by atoms with van der Waals surface area (Å²) in [5, 5.41) is 1.07. The number of likely N-dealkylation sites (N-methyl/N-ethyl adjacent to an activating group) is 1. The van der Waals surface area contributed by atoms with Crippen molar-refractivity contribution in [1.29, 1.82) is 0 Å². The van der Waals surface area contributed by atoms with E-state index in [4.69, 9.17) is 4.74 Å². The maximum atomic E-state index is 14.3. The quantitative estimate of drug-likeness (QED) is 0.470. The van der Waals surface area contributed by atoms with Gasteiger partial charge in [-0.05, 0) is 66.6 Å². The summed E-state index contributed by atoms with van der Waals surface area (Å²) in [6.45, 7) is 3.81. The third kappa shape index (κ3) is 5.18. The summed E-state index contributed by atoms with van der Waals surface area (Å²) in [5.74, 6) is 0.334. The van der Waals surface area contributed by atoms with E-state index in [0.29, 0.717) is 51.6 Å². The van der Waals surface area contributed by atoms with Gasteiger partial charge in [-0.1, -0.05) is 25.3 Å². The van der Waals surface area contributed by atoms with E-state index in [2.05, 4.69) is 26.3 Å². The first kappa shape index (κ1) is 29.3. The molecular formula is C33H41N5O5S. The van der Waals surface area contributed by atoms with E-state index >= 15 is 0 Å². The van der Waals surface area contributed by atoms with Gasteiger partial charge in [0, 0.05) is 74.9 Å². The minimum absolute atomic E-state index is 0.144. The Morgan fingerprint density at radius 1 is 0.886 bits per heavy atom. The first-order valence-electron chi connectivity index (χ1n) is 15.9. The van der Waals surface area contributed by atoms with Gasteiger partial charge in [-0.25, -0.2) is 4.72 Å². The number of amides is 2. The van der Waals surface area contributed by atoms with Crippen LogP contribution < -0.4 is 9.46 Å². The molecule has 2 fully saturated rings. The Balaban J connectivity index is 1.45. The fraction of sp³-hybridized carbons (Fsp3) is 0.515. The number of methoxy groups -OCH3 is 1. The van der Waals surface area contributed by atoms with Crippen LogP contribution in [0.4, 0.5) is 0 Å². The molecule has 4 aliphatic heterocycles. The van der Waals surface area contributed by atoms with Crippen LogP contribution in [0.5, 0.6) is 5.75 Å². The zero-order valence-electron chi connectivity index (χ0n) is 25.5. The maximum Gasteiger partial charge on any atom is 0.303 e. The molecule has 0 unspecified atom stereocenters. The van der Waals surface area contributed by atoms with Crippen molar-refractivity contribution >= 4 is 32.9 Å². The lowest BCUT2D eigenvalue weighted by atomic mass is 9.81. The maximum absolute atomic E-state index is 14.3. The van der Waals surface area contributed by atoms with Gasteiger partial charge in [0.25, 0.3) is 5.91 Å². The molecule has 234 valence electrons. The molecule has 1 saturated heterocycles. The van der Waals surface area contributed by atoms with Gasteiger partial charge in [-0.2, -0.15) is 12.7 Å². The molecule has 5 aliphatic rings. The highest BCUT2D eigenvalue weighted by Gasteiger charge is 2.36. The largest absolute Gasteiger partial charge is 0.497 e. The van der Waals surface area contributed by atoms with Gasteiger partial charge in [0.1, 0.15) is 5.75 Å². The number of carbonyl (C=O) groups is 2. The van der Waals surface area contributed by atoms with Crippen LogP contribution in [0, 0.1) is 5.92 Å². The highest BCUT2D eigenvalue weighted by molar-refractivity contribution is 7.87. The zero-order valence-corrected chi connectivity index (χ0v) is 26.4. The molecule has 1 aliphatic carbocycles. The lowest BCUT2D eigenvalue weighted by Crippen LogP contribution is -2.52. The molecule has 1 saturated carbocycles. The second-order valence-electron chi connectivity index (χ2n) is 12.8. The first-order chi connectivity index (χ1) is 21.2. The number of hydrogen-bond donors (Lipinski definition) is 1. The van der Waals surface area contributed by atoms with Crippen molar-refractivity contribution in [3.8, 4) is 17.0 Å². The molecule has 0 spiro atoms. The molecule has 0 radical (unpaired) electrons. The fourth-order valence-electron chi connectivity index (χ4n) is 7.72. The third-order valence-electron chi connectivity index (χ3n) is 10.2. The number of nitrogens with zero attached hydrogens (tertiary/aromatic N) is 4. The number of hydrogen-bond acceptors (Lipinski definition) is 6. The number of piperazine rings is 1. The molecule has 2 amide bonds. The molecule has 1 N–H and O–H groups in total. The Bertz CT molecular complexity index is 1720. The number of fused-ring (bicyclic) bond motifs is 9. The van der Waals surface area contributed by atoms with Crippen molar-refractivity contribution in [2.45, 2.75) is 51.0 Å². The fourth-order valence-corrected chi connectivity index (χ4v) is 8.55. The third-order valence-corrected chi connectivity index (χ3v) is 11.7. The van der Waals surface area contributed by atoms with E-state index in [1.54, 1.807) is 13.2 Å². The standard InChI is InChI=1S/C33H41N5O5S/c1-35-12-13-36-14-16-37(17-15-36)33(40)25-18-24-19-26(43-2)9-11-27(24)31-30(22-6-4-3-5-7-22)28-10-8-23(20-29(28)38(31)21-25)32(39)34-44(35,41)42/h8-11,19-20,22,25H,3-7,12-18,21H2,1-2H3,(H,34,39)/t25-/m1/s1. The SMILES string of the molecule is COc1ccc2c(c1)C[C@@H]1Cn3c-2c(C2CCCCC2)c2ccc(cc23)C(=O)NS(=O)(=O)N(C)CCN2CCN(CC2)C1=O. The van der Waals surface area contributed by atoms with Gasteiger partial charge < -0.3 is 14.2 Å². The minimum Gasteiger partial charge on any atom is -0.497 e. The number of ether oxygens (including phenoxy) is 1. The summed E-state index contributed by atoms with van der Waals surface area (Å²) < 4.78 is 37.7. The minimum atomic E-state index is -4.03. The van der Waals surface area contributed by atoms with Crippen LogP contribution in [-0.2, 0) is 28.0 Å². The van der Waals surface area contributed by atoms with Gasteiger partial charge in [0.15, 0.2) is 0 Å². The molecule has 2 aromatic carbocycles. The van der Waals surface area contributed by atoms with E-state index in [0.717, 1.165) is 46.3 Å². The van der Waals surface area contributed by atoms with Crippen molar-refractivity contribution < 1.29 is 22.7 Å². The summed E-state index contributed by atoms with van der Waals surface area (Å²) in [6, 6.07) is 11.7. The number of aromatic nitrogens is 1. The van der Waals surface area contributed by atoms with Crippen molar-refractivity contribution in [2.75, 3.05) is 53.4 Å². The normalized spacial score (nSPS) is 23.5. The number of carbonyl (C=O) groups excluding carboxylic acids is 2. The van der Waals surface area contributed by atoms with E-state index in [1.165, 1.54) is 36.2 Å². The molecule has 6 bridgehead atoms. The molecule has 11 heteroatoms. The van der Waals surface area contributed by atoms with Crippen LogP contribution in [0.2, 0.25) is 0 Å². The summed E-state index contributed by atoms with van der Waals surface area (Å²) in [4.78, 5) is 31.9. The molecule has 3 aromatic rings. The smallest absolute Gasteiger partial charge is 0.303 e. The summed E-state index contributed by atoms with van der Waals surface area (Å²) in [6.07, 6.45) is 6.36. The van der Waals surface area contributed by atoms with Crippen LogP contribution in [0.3, 0.4) is 0 Å². The molecular weight excluding hydrogens is 578 g/mol. The van der Waals surface area contributed by atoms with Crippen molar-refractivity contribution in [3.63, 3.8) is 0 Å². The monoisotopic (exact) mass is 619 g/mol. The second-order valence-corrected chi connectivity index (χ2v) is 14.6. The molecule has 8 rings (SSSR count). The second kappa shape index (κ2) is 11.5. The predicted octanol–water partition coefficient (Wildman–Crippen LogP) is 3.60. The Morgan fingerprint density at radius 2 is 1.64 bits per heavy atom. The highest BCUT2D eigenvalue weighted by atomic mass is 32.2. The Morgan fingerprint density at radius 3 is 2.39 bits per heavy atom. The average Bonchev–Trinajstić information content (AvgIpc) is 3.25. The molecule has 5 heterocycles. The highest BCUT2D eigenvalue weighted by Crippen LogP contribution is 2.47. The lowest BCUT2D eigenvalue weighted by molar-refractivity contribution is -0.137. The van der Waals surface area contributed by atoms with Crippen molar-refractivity contribution in [1.82, 2.24) is 23.4 Å². The molecule has 1 aromatic heterocycles. The molecule has 1 atom stereocenters. The van der Waals surface area contributed by atoms with Crippen LogP contribution in [0.15, 0.2) is 36.4 Å². The van der Waals surface area contributed by atoms with Gasteiger partial charge in [0.2, 0.25) is 5.91 Å². The zero-order chi connectivity index (χ0) is 30.6. The Labute approximate surface area is 259 Å². The number of nitrogens with one attached hydrogen (secondary N) is 1. The van der Waals surface area contributed by atoms with Crippen molar-refractivity contribution in [3.05, 3.63) is 53.1 Å². The molecule has 10 nitrogen and oxygen atoms in total. The predicted molar refractivity (Wildman–Crippen MR) is 169 cm³/mol. The Kier molecular flexibility index (Phi) is 7.66. The summed E-state index contributed by atoms with van der Waals surface area (Å²) in [7, 11) is -0.870. The Hall–Kier alpha value is -3.41. The average molecular weight is 620 g/mol. The van der Waals surface area contributed by atoms with E-state index < -0.39 is 16.1 Å². The lowest BCUT2D eigenvalue weighted by Gasteiger charge is -2.37. The van der Waals surface area contributed by atoms with Crippen LogP contribution in [0.1, 0.15) is 59.5 Å². The number of rotatable bonds is 2. The van der Waals surface area contributed by atoms with Gasteiger partial charge >= 0.3 is 10.2 Å². The summed E-state index contributed by atoms with van der Waals surface area (Å²) in [5.41, 5.74) is 5.75. The van der Waals surface area contributed by atoms with Crippen molar-refractivity contribution in [2.24, 2.45) is 5.92 Å². The number of benzene rings is 2. The topological polar surface area (TPSA) is 104 Å². The van der Waals surface area contributed by atoms with Gasteiger partial charge in [-0.15, -0.1) is 0 Å². The summed E-state index contributed by atoms with van der Waals surface area (Å²) >= 11 is 0. The van der Waals surface area contributed by atoms with Crippen LogP contribution >= 0.6 is 0 Å². The van der Waals surface area contributed by atoms with Gasteiger partial charge in [0.05, 0.1) is 18.7 Å². The van der Waals surface area contributed by atoms with Crippen LogP contribution in [0.25, 0.3) is 22.2 Å².